The van der Waals surface area contributed by atoms with Gasteiger partial charge in [0.15, 0.2) is 0 Å². The molecule has 13 heteroatoms. The highest BCUT2D eigenvalue weighted by molar-refractivity contribution is 5.52. The van der Waals surface area contributed by atoms with Gasteiger partial charge in [0.1, 0.15) is 34.5 Å². The van der Waals surface area contributed by atoms with Gasteiger partial charge < -0.3 is 23.7 Å². The number of alkyl halides is 8. The minimum Gasteiger partial charge on any atom is -0.497 e. The summed E-state index contributed by atoms with van der Waals surface area (Å²) in [6, 6.07) is 35.2. The lowest BCUT2D eigenvalue weighted by Crippen LogP contribution is -2.19. The molecular weight excluding hydrogens is 784 g/mol. The summed E-state index contributed by atoms with van der Waals surface area (Å²) in [4.78, 5) is 0. The number of para-hydroxylation sites is 2. The number of halogens is 8. The van der Waals surface area contributed by atoms with E-state index in [1.165, 1.54) is 87.0 Å². The van der Waals surface area contributed by atoms with E-state index in [0.717, 1.165) is 12.1 Å². The van der Waals surface area contributed by atoms with E-state index in [1.54, 1.807) is 60.7 Å². The van der Waals surface area contributed by atoms with Crippen LogP contribution in [-0.4, -0.2) is 26.6 Å². The second-order valence-corrected chi connectivity index (χ2v) is 13.4. The maximum atomic E-state index is 16.9. The van der Waals surface area contributed by atoms with Crippen LogP contribution in [0.5, 0.6) is 34.5 Å². The molecule has 5 nitrogen and oxygen atoms in total. The molecule has 0 bridgehead atoms. The summed E-state index contributed by atoms with van der Waals surface area (Å²) >= 11 is 0. The van der Waals surface area contributed by atoms with Crippen LogP contribution in [0.4, 0.5) is 35.1 Å². The molecule has 0 saturated heterocycles. The number of rotatable bonds is 16. The summed E-state index contributed by atoms with van der Waals surface area (Å²) in [6.45, 7) is 0. The Balaban J connectivity index is 1.48. The fourth-order valence-electron chi connectivity index (χ4n) is 6.83. The fourth-order valence-corrected chi connectivity index (χ4v) is 6.83. The zero-order valence-electron chi connectivity index (χ0n) is 31.6. The molecule has 6 aromatic rings. The van der Waals surface area contributed by atoms with Crippen molar-refractivity contribution in [3.05, 3.63) is 179 Å². The van der Waals surface area contributed by atoms with Crippen LogP contribution in [0, 0.1) is 0 Å². The number of hydrogen-bond acceptors (Lipinski definition) is 5. The van der Waals surface area contributed by atoms with Crippen molar-refractivity contribution in [1.82, 2.24) is 0 Å². The van der Waals surface area contributed by atoms with Gasteiger partial charge in [0, 0.05) is 34.1 Å². The van der Waals surface area contributed by atoms with Gasteiger partial charge in [-0.2, -0.15) is 26.3 Å². The maximum Gasteiger partial charge on any atom is 0.390 e. The molecule has 0 aliphatic carbocycles. The van der Waals surface area contributed by atoms with Crippen molar-refractivity contribution in [2.45, 2.75) is 49.7 Å². The summed E-state index contributed by atoms with van der Waals surface area (Å²) in [5.41, 5.74) is -1.33. The molecule has 4 atom stereocenters. The molecule has 0 saturated carbocycles. The summed E-state index contributed by atoms with van der Waals surface area (Å²) in [5, 5.41) is 0. The highest BCUT2D eigenvalue weighted by Crippen LogP contribution is 2.49. The third-order valence-electron chi connectivity index (χ3n) is 9.47. The molecule has 0 heterocycles. The van der Waals surface area contributed by atoms with Gasteiger partial charge in [-0.3, -0.25) is 0 Å². The van der Waals surface area contributed by atoms with Crippen molar-refractivity contribution in [2.24, 2.45) is 0 Å². The summed E-state index contributed by atoms with van der Waals surface area (Å²) < 4.78 is 148. The van der Waals surface area contributed by atoms with E-state index in [9.17, 15) is 26.3 Å². The van der Waals surface area contributed by atoms with Crippen LogP contribution >= 0.6 is 0 Å². The first-order chi connectivity index (χ1) is 28.2. The average molecular weight is 823 g/mol. The maximum absolute atomic E-state index is 16.9. The molecule has 0 aliphatic rings. The first-order valence-electron chi connectivity index (χ1n) is 18.3. The zero-order chi connectivity index (χ0) is 42.2. The van der Waals surface area contributed by atoms with E-state index in [4.69, 9.17) is 23.7 Å². The molecule has 308 valence electrons. The Morgan fingerprint density at radius 3 is 1.10 bits per heavy atom. The Labute approximate surface area is 335 Å². The molecule has 0 aromatic heterocycles. The number of ether oxygens (including phenoxy) is 5. The van der Waals surface area contributed by atoms with E-state index < -0.39 is 60.9 Å². The Hall–Kier alpha value is -6.08. The third-order valence-corrected chi connectivity index (χ3v) is 9.47. The Morgan fingerprint density at radius 1 is 0.424 bits per heavy atom. The standard InChI is InChI=1S/C46H38F8O5/c1-55-31-23-19-29(20-24-31)37(27-45(49,50)51)41-35(15-9-17-39(41)57-33-11-5-3-6-12-33)43(47)59-44(48)36-16-10-18-40(58-34-13-7-4-8-14-34)42(36)38(28-46(52,53)54)30-21-25-32(56-2)26-22-30/h3-26,37-38,43-44H,27-28H2,1-2H3. The second-order valence-electron chi connectivity index (χ2n) is 13.4. The molecule has 0 amide bonds. The fraction of sp³-hybridized carbons (Fsp3) is 0.217. The topological polar surface area (TPSA) is 46.2 Å². The van der Waals surface area contributed by atoms with Crippen LogP contribution in [0.25, 0.3) is 0 Å². The molecule has 0 spiro atoms. The Bertz CT molecular complexity index is 2090. The van der Waals surface area contributed by atoms with Gasteiger partial charge in [0.2, 0.25) is 12.7 Å². The number of benzene rings is 6. The predicted molar refractivity (Wildman–Crippen MR) is 206 cm³/mol. The zero-order valence-corrected chi connectivity index (χ0v) is 31.6. The van der Waals surface area contributed by atoms with E-state index in [-0.39, 0.29) is 45.3 Å². The van der Waals surface area contributed by atoms with Gasteiger partial charge in [-0.25, -0.2) is 8.78 Å². The molecule has 0 N–H and O–H groups in total. The highest BCUT2D eigenvalue weighted by atomic mass is 19.4. The summed E-state index contributed by atoms with van der Waals surface area (Å²) in [6.07, 6.45) is -18.0. The van der Waals surface area contributed by atoms with Crippen molar-refractivity contribution in [1.29, 1.82) is 0 Å². The quantitative estimate of drug-likeness (QED) is 0.0910. The first kappa shape index (κ1) is 42.5. The minimum atomic E-state index is -4.78. The van der Waals surface area contributed by atoms with Crippen molar-refractivity contribution in [2.75, 3.05) is 14.2 Å². The average Bonchev–Trinajstić information content (AvgIpc) is 3.22. The monoisotopic (exact) mass is 822 g/mol. The van der Waals surface area contributed by atoms with E-state index in [0.29, 0.717) is 11.5 Å². The molecule has 6 rings (SSSR count). The third kappa shape index (κ3) is 11.1. The Morgan fingerprint density at radius 2 is 0.780 bits per heavy atom. The molecule has 0 radical (unpaired) electrons. The Kier molecular flexibility index (Phi) is 13.5. The van der Waals surface area contributed by atoms with Crippen LogP contribution in [-0.2, 0) is 4.74 Å². The van der Waals surface area contributed by atoms with Crippen LogP contribution in [0.1, 0.15) is 70.8 Å². The van der Waals surface area contributed by atoms with Gasteiger partial charge in [-0.15, -0.1) is 0 Å². The number of hydrogen-bond donors (Lipinski definition) is 0. The lowest BCUT2D eigenvalue weighted by Gasteiger charge is -2.28. The lowest BCUT2D eigenvalue weighted by molar-refractivity contribution is -0.149. The van der Waals surface area contributed by atoms with Crippen molar-refractivity contribution in [3.63, 3.8) is 0 Å². The van der Waals surface area contributed by atoms with Crippen molar-refractivity contribution < 1.29 is 58.8 Å². The van der Waals surface area contributed by atoms with Crippen molar-refractivity contribution >= 4 is 0 Å². The van der Waals surface area contributed by atoms with Crippen LogP contribution in [0.15, 0.2) is 146 Å². The molecule has 59 heavy (non-hydrogen) atoms. The smallest absolute Gasteiger partial charge is 0.390 e. The normalized spacial score (nSPS) is 13.9. The molecule has 4 unspecified atom stereocenters. The second kappa shape index (κ2) is 18.7. The SMILES string of the molecule is COc1ccc(C(CC(F)(F)F)c2c(Oc3ccccc3)cccc2C(F)OC(F)c2cccc(Oc3ccccc3)c2C(CC(F)(F)F)c2ccc(OC)cc2)cc1. The van der Waals surface area contributed by atoms with Gasteiger partial charge in [-0.1, -0.05) is 84.9 Å². The van der Waals surface area contributed by atoms with Gasteiger partial charge in [-0.05, 0) is 71.8 Å². The lowest BCUT2D eigenvalue weighted by atomic mass is 9.84. The highest BCUT2D eigenvalue weighted by Gasteiger charge is 2.40. The minimum absolute atomic E-state index is 0.111. The van der Waals surface area contributed by atoms with Crippen LogP contribution in [0.2, 0.25) is 0 Å². The van der Waals surface area contributed by atoms with Gasteiger partial charge in [0.25, 0.3) is 0 Å². The van der Waals surface area contributed by atoms with Crippen LogP contribution in [0.3, 0.4) is 0 Å². The molecular formula is C46H38F8O5. The van der Waals surface area contributed by atoms with E-state index >= 15 is 8.78 Å². The predicted octanol–water partition coefficient (Wildman–Crippen LogP) is 14.1. The van der Waals surface area contributed by atoms with Gasteiger partial charge in [0.05, 0.1) is 27.1 Å². The summed E-state index contributed by atoms with van der Waals surface area (Å²) in [5.74, 6) is -2.37. The number of methoxy groups -OCH3 is 2. The molecule has 6 aromatic carbocycles. The first-order valence-corrected chi connectivity index (χ1v) is 18.3. The molecule has 0 aliphatic heterocycles. The largest absolute Gasteiger partial charge is 0.497 e. The molecule has 0 fully saturated rings. The van der Waals surface area contributed by atoms with E-state index in [1.807, 2.05) is 0 Å². The van der Waals surface area contributed by atoms with E-state index in [2.05, 4.69) is 0 Å². The van der Waals surface area contributed by atoms with Crippen LogP contribution < -0.4 is 18.9 Å². The summed E-state index contributed by atoms with van der Waals surface area (Å²) in [7, 11) is 2.78. The van der Waals surface area contributed by atoms with Gasteiger partial charge >= 0.3 is 12.4 Å². The van der Waals surface area contributed by atoms with Crippen molar-refractivity contribution in [3.8, 4) is 34.5 Å².